The summed E-state index contributed by atoms with van der Waals surface area (Å²) in [5, 5.41) is 7.04. The van der Waals surface area contributed by atoms with Gasteiger partial charge >= 0.3 is 0 Å². The Labute approximate surface area is 140 Å². The van der Waals surface area contributed by atoms with Crippen molar-refractivity contribution in [3.63, 3.8) is 0 Å². The van der Waals surface area contributed by atoms with E-state index in [1.807, 2.05) is 67.7 Å². The predicted molar refractivity (Wildman–Crippen MR) is 92.1 cm³/mol. The van der Waals surface area contributed by atoms with E-state index in [-0.39, 0.29) is 12.5 Å². The standard InChI is InChI=1S/C19H19N3O2/c1-15-5-2-3-6-18(15)24-14-19(23)20-13-16-7-9-17(10-8-16)22-12-4-11-21-22/h2-12H,13-14H2,1H3,(H,20,23). The molecule has 1 aromatic heterocycles. The molecule has 0 radical (unpaired) electrons. The minimum atomic E-state index is -0.144. The summed E-state index contributed by atoms with van der Waals surface area (Å²) in [6.07, 6.45) is 3.63. The largest absolute Gasteiger partial charge is 0.484 e. The van der Waals surface area contributed by atoms with Crippen molar-refractivity contribution in [3.05, 3.63) is 78.1 Å². The summed E-state index contributed by atoms with van der Waals surface area (Å²) >= 11 is 0. The summed E-state index contributed by atoms with van der Waals surface area (Å²) in [4.78, 5) is 11.9. The predicted octanol–water partition coefficient (Wildman–Crippen LogP) is 2.88. The van der Waals surface area contributed by atoms with Crippen molar-refractivity contribution in [2.24, 2.45) is 0 Å². The van der Waals surface area contributed by atoms with Gasteiger partial charge in [0.05, 0.1) is 5.69 Å². The molecule has 1 amide bonds. The van der Waals surface area contributed by atoms with Gasteiger partial charge in [-0.05, 0) is 42.3 Å². The molecule has 0 atom stereocenters. The molecule has 3 rings (SSSR count). The van der Waals surface area contributed by atoms with Crippen LogP contribution in [0.15, 0.2) is 67.0 Å². The summed E-state index contributed by atoms with van der Waals surface area (Å²) in [5.74, 6) is 0.589. The summed E-state index contributed by atoms with van der Waals surface area (Å²) in [7, 11) is 0. The van der Waals surface area contributed by atoms with Crippen molar-refractivity contribution in [2.45, 2.75) is 13.5 Å². The molecule has 0 bridgehead atoms. The first-order chi connectivity index (χ1) is 11.7. The number of ether oxygens (including phenoxy) is 1. The zero-order valence-electron chi connectivity index (χ0n) is 13.5. The average Bonchev–Trinajstić information content (AvgIpc) is 3.14. The Balaban J connectivity index is 1.48. The quantitative estimate of drug-likeness (QED) is 0.759. The van der Waals surface area contributed by atoms with E-state index in [0.29, 0.717) is 6.54 Å². The van der Waals surface area contributed by atoms with E-state index in [0.717, 1.165) is 22.6 Å². The number of aryl methyl sites for hydroxylation is 1. The Morgan fingerprint density at radius 1 is 1.12 bits per heavy atom. The molecule has 24 heavy (non-hydrogen) atoms. The maximum atomic E-state index is 11.9. The van der Waals surface area contributed by atoms with Gasteiger partial charge in [-0.2, -0.15) is 5.10 Å². The molecular formula is C19H19N3O2. The Morgan fingerprint density at radius 2 is 1.92 bits per heavy atom. The SMILES string of the molecule is Cc1ccccc1OCC(=O)NCc1ccc(-n2cccn2)cc1. The van der Waals surface area contributed by atoms with Crippen LogP contribution in [0.5, 0.6) is 5.75 Å². The normalized spacial score (nSPS) is 10.4. The van der Waals surface area contributed by atoms with Crippen LogP contribution in [0.2, 0.25) is 0 Å². The van der Waals surface area contributed by atoms with Gasteiger partial charge in [0.1, 0.15) is 5.75 Å². The first-order valence-electron chi connectivity index (χ1n) is 7.76. The van der Waals surface area contributed by atoms with Crippen LogP contribution < -0.4 is 10.1 Å². The summed E-state index contributed by atoms with van der Waals surface area (Å²) in [6, 6.07) is 17.4. The van der Waals surface area contributed by atoms with E-state index < -0.39 is 0 Å². The number of carbonyl (C=O) groups is 1. The van der Waals surface area contributed by atoms with Crippen LogP contribution in [0.4, 0.5) is 0 Å². The summed E-state index contributed by atoms with van der Waals surface area (Å²) in [5.41, 5.74) is 3.02. The van der Waals surface area contributed by atoms with E-state index >= 15 is 0 Å². The van der Waals surface area contributed by atoms with Crippen LogP contribution in [-0.4, -0.2) is 22.3 Å². The van der Waals surface area contributed by atoms with Gasteiger partial charge in [-0.15, -0.1) is 0 Å². The van der Waals surface area contributed by atoms with E-state index in [2.05, 4.69) is 10.4 Å². The van der Waals surface area contributed by atoms with Crippen molar-refractivity contribution in [1.29, 1.82) is 0 Å². The topological polar surface area (TPSA) is 56.1 Å². The molecule has 3 aromatic rings. The van der Waals surface area contributed by atoms with Crippen molar-refractivity contribution in [3.8, 4) is 11.4 Å². The first kappa shape index (κ1) is 15.8. The number of nitrogens with one attached hydrogen (secondary N) is 1. The number of nitrogens with zero attached hydrogens (tertiary/aromatic N) is 2. The van der Waals surface area contributed by atoms with Crippen molar-refractivity contribution >= 4 is 5.91 Å². The molecule has 122 valence electrons. The van der Waals surface area contributed by atoms with Crippen LogP contribution in [0.1, 0.15) is 11.1 Å². The lowest BCUT2D eigenvalue weighted by molar-refractivity contribution is -0.123. The number of hydrogen-bond donors (Lipinski definition) is 1. The van der Waals surface area contributed by atoms with Crippen LogP contribution in [-0.2, 0) is 11.3 Å². The minimum absolute atomic E-state index is 0.0101. The van der Waals surface area contributed by atoms with Gasteiger partial charge in [-0.3, -0.25) is 4.79 Å². The number of benzene rings is 2. The second-order valence-corrected chi connectivity index (χ2v) is 5.45. The number of carbonyl (C=O) groups excluding carboxylic acids is 1. The molecular weight excluding hydrogens is 302 g/mol. The molecule has 5 heteroatoms. The maximum absolute atomic E-state index is 11.9. The van der Waals surface area contributed by atoms with Gasteiger partial charge in [-0.25, -0.2) is 4.68 Å². The molecule has 0 aliphatic rings. The Kier molecular flexibility index (Phi) is 4.91. The van der Waals surface area contributed by atoms with E-state index in [4.69, 9.17) is 4.74 Å². The molecule has 0 unspecified atom stereocenters. The number of amides is 1. The van der Waals surface area contributed by atoms with Crippen LogP contribution in [0.25, 0.3) is 5.69 Å². The fraction of sp³-hybridized carbons (Fsp3) is 0.158. The molecule has 0 spiro atoms. The lowest BCUT2D eigenvalue weighted by atomic mass is 10.2. The zero-order chi connectivity index (χ0) is 16.8. The lowest BCUT2D eigenvalue weighted by Gasteiger charge is -2.10. The molecule has 2 aromatic carbocycles. The fourth-order valence-corrected chi connectivity index (χ4v) is 2.30. The van der Waals surface area contributed by atoms with Gasteiger partial charge in [-0.1, -0.05) is 30.3 Å². The lowest BCUT2D eigenvalue weighted by Crippen LogP contribution is -2.28. The Hall–Kier alpha value is -3.08. The Morgan fingerprint density at radius 3 is 2.62 bits per heavy atom. The Bertz CT molecular complexity index is 796. The highest BCUT2D eigenvalue weighted by molar-refractivity contribution is 5.77. The number of rotatable bonds is 6. The average molecular weight is 321 g/mol. The second-order valence-electron chi connectivity index (χ2n) is 5.45. The third-order valence-electron chi connectivity index (χ3n) is 3.65. The van der Waals surface area contributed by atoms with Gasteiger partial charge in [0.2, 0.25) is 0 Å². The monoisotopic (exact) mass is 321 g/mol. The molecule has 0 aliphatic carbocycles. The summed E-state index contributed by atoms with van der Waals surface area (Å²) < 4.78 is 7.32. The van der Waals surface area contributed by atoms with Gasteiger partial charge < -0.3 is 10.1 Å². The van der Waals surface area contributed by atoms with Gasteiger partial charge in [0.15, 0.2) is 6.61 Å². The van der Waals surface area contributed by atoms with Crippen molar-refractivity contribution in [2.75, 3.05) is 6.61 Å². The first-order valence-corrected chi connectivity index (χ1v) is 7.76. The van der Waals surface area contributed by atoms with E-state index in [1.165, 1.54) is 0 Å². The van der Waals surface area contributed by atoms with Gasteiger partial charge in [0, 0.05) is 18.9 Å². The second kappa shape index (κ2) is 7.46. The number of para-hydroxylation sites is 1. The fourth-order valence-electron chi connectivity index (χ4n) is 2.30. The molecule has 0 saturated carbocycles. The molecule has 5 nitrogen and oxygen atoms in total. The molecule has 1 N–H and O–H groups in total. The highest BCUT2D eigenvalue weighted by Crippen LogP contribution is 2.15. The maximum Gasteiger partial charge on any atom is 0.258 e. The number of aromatic nitrogens is 2. The third kappa shape index (κ3) is 4.01. The molecule has 0 aliphatic heterocycles. The molecule has 0 fully saturated rings. The van der Waals surface area contributed by atoms with Gasteiger partial charge in [0.25, 0.3) is 5.91 Å². The van der Waals surface area contributed by atoms with Crippen LogP contribution >= 0.6 is 0 Å². The van der Waals surface area contributed by atoms with Crippen LogP contribution in [0, 0.1) is 6.92 Å². The molecule has 0 saturated heterocycles. The minimum Gasteiger partial charge on any atom is -0.484 e. The molecule has 1 heterocycles. The zero-order valence-corrected chi connectivity index (χ0v) is 13.5. The van der Waals surface area contributed by atoms with Crippen LogP contribution in [0.3, 0.4) is 0 Å². The van der Waals surface area contributed by atoms with Crippen molar-refractivity contribution in [1.82, 2.24) is 15.1 Å². The summed E-state index contributed by atoms with van der Waals surface area (Å²) in [6.45, 7) is 2.43. The van der Waals surface area contributed by atoms with Crippen molar-refractivity contribution < 1.29 is 9.53 Å². The van der Waals surface area contributed by atoms with E-state index in [9.17, 15) is 4.79 Å². The third-order valence-corrected chi connectivity index (χ3v) is 3.65. The number of hydrogen-bond acceptors (Lipinski definition) is 3. The smallest absolute Gasteiger partial charge is 0.258 e. The van der Waals surface area contributed by atoms with E-state index in [1.54, 1.807) is 10.9 Å². The highest BCUT2D eigenvalue weighted by Gasteiger charge is 2.05. The highest BCUT2D eigenvalue weighted by atomic mass is 16.5.